The maximum atomic E-state index is 5.49. The van der Waals surface area contributed by atoms with Crippen molar-refractivity contribution in [2.75, 3.05) is 60.2 Å². The van der Waals surface area contributed by atoms with Crippen LogP contribution < -0.4 is 10.6 Å². The molecular weight excluding hydrogens is 360 g/mol. The Hall–Kier alpha value is -1.15. The van der Waals surface area contributed by atoms with Crippen molar-refractivity contribution in [3.05, 3.63) is 22.4 Å². The summed E-state index contributed by atoms with van der Waals surface area (Å²) in [6.45, 7) is 8.47. The molecule has 1 fully saturated rings. The monoisotopic (exact) mass is 396 g/mol. The predicted molar refractivity (Wildman–Crippen MR) is 114 cm³/mol. The van der Waals surface area contributed by atoms with Gasteiger partial charge < -0.3 is 20.1 Å². The van der Waals surface area contributed by atoms with Crippen LogP contribution in [-0.4, -0.2) is 71.0 Å². The molecular formula is C20H36N4O2S. The molecule has 0 saturated carbocycles. The summed E-state index contributed by atoms with van der Waals surface area (Å²) in [6, 6.07) is 4.81. The molecule has 0 aliphatic carbocycles. The number of methoxy groups -OCH3 is 1. The normalized spacial score (nSPS) is 17.8. The molecule has 1 unspecified atom stereocenters. The molecule has 0 bridgehead atoms. The fourth-order valence-electron chi connectivity index (χ4n) is 3.27. The van der Waals surface area contributed by atoms with E-state index in [0.717, 1.165) is 38.0 Å². The lowest BCUT2D eigenvalue weighted by Crippen LogP contribution is -2.45. The van der Waals surface area contributed by atoms with Gasteiger partial charge in [0.1, 0.15) is 0 Å². The van der Waals surface area contributed by atoms with Crippen LogP contribution in [0.2, 0.25) is 0 Å². The van der Waals surface area contributed by atoms with Crippen LogP contribution in [0.3, 0.4) is 0 Å². The number of thiophene rings is 1. The number of piperidine rings is 1. The van der Waals surface area contributed by atoms with Crippen molar-refractivity contribution in [1.82, 2.24) is 15.5 Å². The van der Waals surface area contributed by atoms with E-state index in [0.29, 0.717) is 19.3 Å². The summed E-state index contributed by atoms with van der Waals surface area (Å²) in [7, 11) is 3.52. The van der Waals surface area contributed by atoms with E-state index >= 15 is 0 Å². The molecule has 1 aromatic rings. The van der Waals surface area contributed by atoms with Gasteiger partial charge >= 0.3 is 0 Å². The summed E-state index contributed by atoms with van der Waals surface area (Å²) >= 11 is 1.85. The second-order valence-corrected chi connectivity index (χ2v) is 8.07. The van der Waals surface area contributed by atoms with Crippen molar-refractivity contribution in [2.24, 2.45) is 10.9 Å². The van der Waals surface area contributed by atoms with Crippen LogP contribution in [0.25, 0.3) is 0 Å². The lowest BCUT2D eigenvalue weighted by atomic mass is 9.97. The first-order valence-corrected chi connectivity index (χ1v) is 10.9. The quantitative estimate of drug-likeness (QED) is 0.342. The van der Waals surface area contributed by atoms with E-state index in [4.69, 9.17) is 9.47 Å². The summed E-state index contributed by atoms with van der Waals surface area (Å²) in [5.74, 6) is 1.71. The van der Waals surface area contributed by atoms with Crippen molar-refractivity contribution < 1.29 is 9.47 Å². The molecule has 1 saturated heterocycles. The maximum absolute atomic E-state index is 5.49. The number of hydrogen-bond acceptors (Lipinski definition) is 5. The molecule has 2 N–H and O–H groups in total. The first-order chi connectivity index (χ1) is 13.2. The van der Waals surface area contributed by atoms with Crippen LogP contribution in [0.1, 0.15) is 37.1 Å². The smallest absolute Gasteiger partial charge is 0.191 e. The van der Waals surface area contributed by atoms with Gasteiger partial charge in [-0.25, -0.2) is 0 Å². The van der Waals surface area contributed by atoms with Crippen LogP contribution in [0, 0.1) is 5.92 Å². The molecule has 0 spiro atoms. The zero-order valence-electron chi connectivity index (χ0n) is 17.1. The maximum Gasteiger partial charge on any atom is 0.191 e. The van der Waals surface area contributed by atoms with E-state index in [1.165, 1.54) is 30.8 Å². The third-order valence-corrected chi connectivity index (χ3v) is 5.98. The molecule has 2 heterocycles. The van der Waals surface area contributed by atoms with Crippen molar-refractivity contribution >= 4 is 17.3 Å². The third-order valence-electron chi connectivity index (χ3n) is 5.01. The molecule has 0 amide bonds. The predicted octanol–water partition coefficient (Wildman–Crippen LogP) is 2.74. The van der Waals surface area contributed by atoms with Crippen LogP contribution in [-0.2, 0) is 9.47 Å². The Bertz CT molecular complexity index is 516. The summed E-state index contributed by atoms with van der Waals surface area (Å²) in [4.78, 5) is 8.41. The zero-order valence-corrected chi connectivity index (χ0v) is 17.9. The highest BCUT2D eigenvalue weighted by Crippen LogP contribution is 2.28. The fraction of sp³-hybridized carbons (Fsp3) is 0.750. The number of nitrogens with zero attached hydrogens (tertiary/aromatic N) is 2. The number of ether oxygens (including phenoxy) is 2. The lowest BCUT2D eigenvalue weighted by molar-refractivity contribution is 0.0698. The summed E-state index contributed by atoms with van der Waals surface area (Å²) in [6.07, 6.45) is 3.53. The van der Waals surface area contributed by atoms with Gasteiger partial charge in [0.25, 0.3) is 0 Å². The summed E-state index contributed by atoms with van der Waals surface area (Å²) in [5, 5.41) is 9.08. The standard InChI is InChI=1S/C20H36N4O2S/c1-17-7-10-24(11-8-17)18(19-6-4-15-27-19)16-23-20(21-2)22-9-5-12-26-14-13-25-3/h4,6,15,17-18H,5,7-14,16H2,1-3H3,(H2,21,22,23). The molecule has 1 aliphatic rings. The van der Waals surface area contributed by atoms with E-state index in [2.05, 4.69) is 45.0 Å². The van der Waals surface area contributed by atoms with Gasteiger partial charge in [0.15, 0.2) is 5.96 Å². The van der Waals surface area contributed by atoms with Crippen molar-refractivity contribution in [3.63, 3.8) is 0 Å². The number of rotatable bonds is 11. The Morgan fingerprint density at radius 1 is 1.30 bits per heavy atom. The minimum Gasteiger partial charge on any atom is -0.382 e. The Balaban J connectivity index is 1.75. The van der Waals surface area contributed by atoms with Gasteiger partial charge in [-0.2, -0.15) is 0 Å². The van der Waals surface area contributed by atoms with E-state index in [9.17, 15) is 0 Å². The summed E-state index contributed by atoms with van der Waals surface area (Å²) in [5.41, 5.74) is 0. The Morgan fingerprint density at radius 2 is 2.11 bits per heavy atom. The molecule has 154 valence electrons. The molecule has 0 aromatic carbocycles. The Morgan fingerprint density at radius 3 is 2.78 bits per heavy atom. The average molecular weight is 397 g/mol. The molecule has 0 radical (unpaired) electrons. The van der Waals surface area contributed by atoms with Gasteiger partial charge in [-0.15, -0.1) is 11.3 Å². The average Bonchev–Trinajstić information content (AvgIpc) is 3.21. The highest BCUT2D eigenvalue weighted by atomic mass is 32.1. The number of hydrogen-bond donors (Lipinski definition) is 2. The fourth-order valence-corrected chi connectivity index (χ4v) is 4.13. The first kappa shape index (κ1) is 22.1. The highest BCUT2D eigenvalue weighted by Gasteiger charge is 2.25. The molecule has 1 atom stereocenters. The van der Waals surface area contributed by atoms with Gasteiger partial charge in [-0.05, 0) is 49.7 Å². The second-order valence-electron chi connectivity index (χ2n) is 7.09. The lowest BCUT2D eigenvalue weighted by Gasteiger charge is -2.36. The molecule has 7 heteroatoms. The van der Waals surface area contributed by atoms with E-state index < -0.39 is 0 Å². The molecule has 2 rings (SSSR count). The molecule has 1 aromatic heterocycles. The van der Waals surface area contributed by atoms with Gasteiger partial charge in [-0.3, -0.25) is 9.89 Å². The van der Waals surface area contributed by atoms with Crippen LogP contribution in [0.5, 0.6) is 0 Å². The minimum absolute atomic E-state index is 0.411. The minimum atomic E-state index is 0.411. The number of aliphatic imine (C=N–C) groups is 1. The zero-order chi connectivity index (χ0) is 19.3. The van der Waals surface area contributed by atoms with Gasteiger partial charge in [0, 0.05) is 38.7 Å². The van der Waals surface area contributed by atoms with E-state index in [-0.39, 0.29) is 0 Å². The molecule has 1 aliphatic heterocycles. The van der Waals surface area contributed by atoms with Gasteiger partial charge in [-0.1, -0.05) is 13.0 Å². The van der Waals surface area contributed by atoms with Crippen molar-refractivity contribution in [1.29, 1.82) is 0 Å². The first-order valence-electron chi connectivity index (χ1n) is 10.0. The summed E-state index contributed by atoms with van der Waals surface area (Å²) < 4.78 is 10.5. The SMILES string of the molecule is CN=C(NCCCOCCOC)NCC(c1cccs1)N1CCC(C)CC1. The Labute approximate surface area is 168 Å². The van der Waals surface area contributed by atoms with Crippen LogP contribution in [0.4, 0.5) is 0 Å². The molecule has 27 heavy (non-hydrogen) atoms. The topological polar surface area (TPSA) is 58.1 Å². The van der Waals surface area contributed by atoms with Gasteiger partial charge in [0.05, 0.1) is 19.3 Å². The number of likely N-dealkylation sites (tertiary alicyclic amines) is 1. The Kier molecular flexibility index (Phi) is 10.7. The number of guanidine groups is 1. The van der Waals surface area contributed by atoms with E-state index in [1.54, 1.807) is 7.11 Å². The van der Waals surface area contributed by atoms with E-state index in [1.807, 2.05) is 18.4 Å². The van der Waals surface area contributed by atoms with Crippen molar-refractivity contribution in [2.45, 2.75) is 32.2 Å². The van der Waals surface area contributed by atoms with Gasteiger partial charge in [0.2, 0.25) is 0 Å². The molecule has 6 nitrogen and oxygen atoms in total. The largest absolute Gasteiger partial charge is 0.382 e. The van der Waals surface area contributed by atoms with Crippen molar-refractivity contribution in [3.8, 4) is 0 Å². The third kappa shape index (κ3) is 8.17. The highest BCUT2D eigenvalue weighted by molar-refractivity contribution is 7.10. The second kappa shape index (κ2) is 13.1. The van der Waals surface area contributed by atoms with Crippen LogP contribution in [0.15, 0.2) is 22.5 Å². The number of nitrogens with one attached hydrogen (secondary N) is 2. The van der Waals surface area contributed by atoms with Crippen LogP contribution >= 0.6 is 11.3 Å².